The highest BCUT2D eigenvalue weighted by Gasteiger charge is 2.30. The Balaban J connectivity index is 2.26. The first-order valence-corrected chi connectivity index (χ1v) is 6.43. The van der Waals surface area contributed by atoms with E-state index in [0.29, 0.717) is 11.4 Å². The van der Waals surface area contributed by atoms with Crippen molar-refractivity contribution in [2.24, 2.45) is 0 Å². The van der Waals surface area contributed by atoms with Gasteiger partial charge in [-0.2, -0.15) is 0 Å². The van der Waals surface area contributed by atoms with Crippen molar-refractivity contribution in [1.82, 2.24) is 4.90 Å². The predicted octanol–water partition coefficient (Wildman–Crippen LogP) is -0.121. The monoisotopic (exact) mass is 251 g/mol. The number of piperazine rings is 1. The third-order valence-corrected chi connectivity index (χ3v) is 3.81. The molecule has 0 aromatic heterocycles. The summed E-state index contributed by atoms with van der Waals surface area (Å²) in [6.45, 7) is 7.54. The average molecular weight is 251 g/mol. The van der Waals surface area contributed by atoms with Crippen molar-refractivity contribution in [1.29, 1.82) is 0 Å². The van der Waals surface area contributed by atoms with Crippen molar-refractivity contribution in [3.05, 3.63) is 20.4 Å². The lowest BCUT2D eigenvalue weighted by Crippen LogP contribution is -2.52. The largest absolute Gasteiger partial charge is 0.367 e. The van der Waals surface area contributed by atoms with Crippen molar-refractivity contribution < 1.29 is 0 Å². The third-order valence-electron chi connectivity index (χ3n) is 3.81. The summed E-state index contributed by atoms with van der Waals surface area (Å²) in [6, 6.07) is 0.222. The van der Waals surface area contributed by atoms with E-state index in [1.807, 2.05) is 25.8 Å². The van der Waals surface area contributed by atoms with Crippen LogP contribution in [0.2, 0.25) is 0 Å². The number of likely N-dealkylation sites (N-methyl/N-ethyl adjacent to an activating group) is 1. The quantitative estimate of drug-likeness (QED) is 0.701. The fraction of sp³-hybridized carbons (Fsp3) is 0.692. The minimum Gasteiger partial charge on any atom is -0.367 e. The van der Waals surface area contributed by atoms with Crippen LogP contribution < -0.4 is 20.7 Å². The molecular weight excluding hydrogens is 230 g/mol. The zero-order valence-electron chi connectivity index (χ0n) is 11.6. The second-order valence-corrected chi connectivity index (χ2v) is 5.35. The van der Waals surface area contributed by atoms with Crippen molar-refractivity contribution in [2.75, 3.05) is 50.1 Å². The van der Waals surface area contributed by atoms with E-state index in [0.717, 1.165) is 26.2 Å². The number of nitrogens with zero attached hydrogens (tertiary/aromatic N) is 3. The summed E-state index contributed by atoms with van der Waals surface area (Å²) < 4.78 is 0. The smallest absolute Gasteiger partial charge is 0.253 e. The first-order chi connectivity index (χ1) is 8.43. The van der Waals surface area contributed by atoms with Crippen LogP contribution in [0.5, 0.6) is 0 Å². The van der Waals surface area contributed by atoms with Crippen LogP contribution in [0.1, 0.15) is 13.8 Å². The van der Waals surface area contributed by atoms with Crippen molar-refractivity contribution >= 4 is 11.4 Å². The summed E-state index contributed by atoms with van der Waals surface area (Å²) in [5.41, 5.74) is 0.575. The molecular formula is C13H21N3O2. The van der Waals surface area contributed by atoms with Crippen molar-refractivity contribution in [3.8, 4) is 0 Å². The number of hydrogen-bond donors (Lipinski definition) is 0. The minimum atomic E-state index is -0.333. The van der Waals surface area contributed by atoms with Gasteiger partial charge in [0.15, 0.2) is 0 Å². The van der Waals surface area contributed by atoms with Crippen LogP contribution in [0.3, 0.4) is 0 Å². The molecule has 2 rings (SSSR count). The summed E-state index contributed by atoms with van der Waals surface area (Å²) in [6.07, 6.45) is 0. The normalized spacial score (nSPS) is 17.7. The third kappa shape index (κ3) is 2.03. The molecule has 1 aromatic carbocycles. The molecule has 1 aliphatic rings. The highest BCUT2D eigenvalue weighted by atomic mass is 16.2. The van der Waals surface area contributed by atoms with Crippen LogP contribution in [-0.2, 0) is 0 Å². The van der Waals surface area contributed by atoms with Gasteiger partial charge in [-0.25, -0.2) is 0 Å². The molecule has 1 aromatic rings. The summed E-state index contributed by atoms with van der Waals surface area (Å²) in [4.78, 5) is 29.7. The maximum absolute atomic E-state index is 11.8. The Labute approximate surface area is 107 Å². The van der Waals surface area contributed by atoms with E-state index in [-0.39, 0.29) is 16.9 Å². The van der Waals surface area contributed by atoms with Gasteiger partial charge in [0.1, 0.15) is 11.4 Å². The van der Waals surface area contributed by atoms with Crippen LogP contribution >= 0.6 is 0 Å². The lowest BCUT2D eigenvalue weighted by atomic mass is 10.1. The molecule has 1 saturated heterocycles. The summed E-state index contributed by atoms with van der Waals surface area (Å²) in [7, 11) is 3.95. The molecule has 1 fully saturated rings. The van der Waals surface area contributed by atoms with Gasteiger partial charge in [0.05, 0.1) is 0 Å². The molecule has 0 radical (unpaired) electrons. The van der Waals surface area contributed by atoms with Gasteiger partial charge < -0.3 is 14.7 Å². The second-order valence-electron chi connectivity index (χ2n) is 5.35. The molecule has 0 spiro atoms. The minimum absolute atomic E-state index is 0.222. The summed E-state index contributed by atoms with van der Waals surface area (Å²) in [5, 5.41) is 0. The van der Waals surface area contributed by atoms with Gasteiger partial charge in [-0.1, -0.05) is 0 Å². The predicted molar refractivity (Wildman–Crippen MR) is 74.6 cm³/mol. The Hall–Kier alpha value is -1.36. The van der Waals surface area contributed by atoms with E-state index < -0.39 is 0 Å². The van der Waals surface area contributed by atoms with E-state index in [1.54, 1.807) is 0 Å². The van der Waals surface area contributed by atoms with E-state index in [4.69, 9.17) is 0 Å². The number of anilines is 2. The van der Waals surface area contributed by atoms with Gasteiger partial charge in [-0.05, 0) is 20.9 Å². The molecule has 1 heterocycles. The van der Waals surface area contributed by atoms with Gasteiger partial charge >= 0.3 is 0 Å². The van der Waals surface area contributed by atoms with E-state index in [1.165, 1.54) is 0 Å². The van der Waals surface area contributed by atoms with Gasteiger partial charge in [0, 0.05) is 39.3 Å². The fourth-order valence-corrected chi connectivity index (χ4v) is 2.28. The standard InChI is InChI=1S/C13H21N3O2/c1-9(2)15(4)10-11(13(18)12(10)17)16-7-5-14(3)6-8-16/h9H,5-8H2,1-4H3. The van der Waals surface area contributed by atoms with Gasteiger partial charge in [0.25, 0.3) is 10.9 Å². The average Bonchev–Trinajstić information content (AvgIpc) is 2.35. The summed E-state index contributed by atoms with van der Waals surface area (Å²) in [5.74, 6) is 0. The molecule has 0 unspecified atom stereocenters. The first kappa shape index (κ1) is 13.1. The maximum Gasteiger partial charge on any atom is 0.253 e. The molecule has 0 bridgehead atoms. The number of hydrogen-bond acceptors (Lipinski definition) is 5. The topological polar surface area (TPSA) is 43.9 Å². The Bertz CT molecular complexity index is 494. The SMILES string of the molecule is CC(C)N(C)c1c(N2CCN(C)CC2)c(=O)c1=O. The van der Waals surface area contributed by atoms with Crippen molar-refractivity contribution in [2.45, 2.75) is 19.9 Å². The molecule has 5 nitrogen and oxygen atoms in total. The van der Waals surface area contributed by atoms with Crippen molar-refractivity contribution in [3.63, 3.8) is 0 Å². The van der Waals surface area contributed by atoms with E-state index >= 15 is 0 Å². The first-order valence-electron chi connectivity index (χ1n) is 6.43. The molecule has 1 aliphatic heterocycles. The highest BCUT2D eigenvalue weighted by molar-refractivity contribution is 5.76. The zero-order chi connectivity index (χ0) is 13.4. The number of rotatable bonds is 3. The van der Waals surface area contributed by atoms with Crippen LogP contribution in [0.4, 0.5) is 11.4 Å². The molecule has 0 saturated carbocycles. The van der Waals surface area contributed by atoms with E-state index in [2.05, 4.69) is 16.8 Å². The molecule has 5 heteroatoms. The lowest BCUT2D eigenvalue weighted by molar-refractivity contribution is 0.312. The van der Waals surface area contributed by atoms with Gasteiger partial charge in [-0.3, -0.25) is 9.59 Å². The molecule has 0 aliphatic carbocycles. The lowest BCUT2D eigenvalue weighted by Gasteiger charge is -2.37. The van der Waals surface area contributed by atoms with Crippen LogP contribution in [0.15, 0.2) is 9.59 Å². The van der Waals surface area contributed by atoms with Crippen LogP contribution in [0.25, 0.3) is 0 Å². The van der Waals surface area contributed by atoms with E-state index in [9.17, 15) is 9.59 Å². The molecule has 0 amide bonds. The maximum atomic E-state index is 11.8. The van der Waals surface area contributed by atoms with Gasteiger partial charge in [-0.15, -0.1) is 0 Å². The second kappa shape index (κ2) is 4.72. The van der Waals surface area contributed by atoms with Crippen LogP contribution in [-0.4, -0.2) is 51.2 Å². The Morgan fingerprint density at radius 2 is 1.61 bits per heavy atom. The summed E-state index contributed by atoms with van der Waals surface area (Å²) >= 11 is 0. The fourth-order valence-electron chi connectivity index (χ4n) is 2.28. The Morgan fingerprint density at radius 1 is 1.06 bits per heavy atom. The molecule has 100 valence electrons. The Kier molecular flexibility index (Phi) is 3.43. The zero-order valence-corrected chi connectivity index (χ0v) is 11.6. The molecule has 18 heavy (non-hydrogen) atoms. The van der Waals surface area contributed by atoms with Crippen LogP contribution in [0, 0.1) is 0 Å². The Morgan fingerprint density at radius 3 is 2.11 bits per heavy atom. The highest BCUT2D eigenvalue weighted by Crippen LogP contribution is 2.25. The molecule has 0 N–H and O–H groups in total. The van der Waals surface area contributed by atoms with Gasteiger partial charge in [0.2, 0.25) is 0 Å². The molecule has 0 atom stereocenters.